The third kappa shape index (κ3) is 4.43. The van der Waals surface area contributed by atoms with E-state index in [9.17, 15) is 5.11 Å². The van der Waals surface area contributed by atoms with Crippen LogP contribution >= 0.6 is 11.8 Å². The van der Waals surface area contributed by atoms with Crippen LogP contribution in [-0.2, 0) is 5.75 Å². The fourth-order valence-corrected chi connectivity index (χ4v) is 3.18. The number of ether oxygens (including phenoxy) is 1. The molecule has 0 saturated carbocycles. The molecule has 3 rings (SSSR count). The van der Waals surface area contributed by atoms with Gasteiger partial charge in [0.1, 0.15) is 0 Å². The second kappa shape index (κ2) is 8.53. The van der Waals surface area contributed by atoms with Crippen LogP contribution in [0, 0.1) is 6.92 Å². The molecule has 6 nitrogen and oxygen atoms in total. The van der Waals surface area contributed by atoms with Crippen molar-refractivity contribution >= 4 is 18.0 Å². The second-order valence-corrected chi connectivity index (χ2v) is 6.46. The van der Waals surface area contributed by atoms with Gasteiger partial charge in [-0.15, -0.1) is 10.2 Å². The van der Waals surface area contributed by atoms with Crippen molar-refractivity contribution in [2.24, 2.45) is 5.10 Å². The molecule has 0 amide bonds. The molecule has 0 radical (unpaired) electrons. The van der Waals surface area contributed by atoms with Gasteiger partial charge in [-0.2, -0.15) is 9.78 Å². The summed E-state index contributed by atoms with van der Waals surface area (Å²) in [6, 6.07) is 15.3. The predicted molar refractivity (Wildman–Crippen MR) is 103 cm³/mol. The van der Waals surface area contributed by atoms with Crippen LogP contribution < -0.4 is 4.74 Å². The monoisotopic (exact) mass is 368 g/mol. The summed E-state index contributed by atoms with van der Waals surface area (Å²) in [5.74, 6) is 2.06. The minimum Gasteiger partial charge on any atom is -0.504 e. The zero-order valence-electron chi connectivity index (χ0n) is 14.7. The standard InChI is InChI=1S/C19H20N4O2S/c1-3-25-18-11-16(9-10-17(18)24)12-20-23-14(2)21-22-19(23)26-13-15-7-5-4-6-8-15/h4-12,24H,3,13H2,1-2H3/b20-12+. The molecular weight excluding hydrogens is 348 g/mol. The van der Waals surface area contributed by atoms with Crippen molar-refractivity contribution in [2.75, 3.05) is 6.61 Å². The van der Waals surface area contributed by atoms with Crippen molar-refractivity contribution in [1.29, 1.82) is 0 Å². The third-order valence-electron chi connectivity index (χ3n) is 3.58. The molecule has 0 atom stereocenters. The number of benzene rings is 2. The highest BCUT2D eigenvalue weighted by atomic mass is 32.2. The number of rotatable bonds is 7. The first-order chi connectivity index (χ1) is 12.7. The Labute approximate surface area is 156 Å². The zero-order valence-corrected chi connectivity index (χ0v) is 15.5. The van der Waals surface area contributed by atoms with Gasteiger partial charge in [0.25, 0.3) is 0 Å². The van der Waals surface area contributed by atoms with Crippen LogP contribution in [0.2, 0.25) is 0 Å². The molecule has 0 aliphatic rings. The highest BCUT2D eigenvalue weighted by molar-refractivity contribution is 7.98. The molecule has 1 heterocycles. The molecule has 2 aromatic carbocycles. The van der Waals surface area contributed by atoms with E-state index in [1.54, 1.807) is 40.9 Å². The van der Waals surface area contributed by atoms with Gasteiger partial charge in [-0.05, 0) is 43.2 Å². The normalized spacial score (nSPS) is 11.2. The Bertz CT molecular complexity index is 894. The molecule has 3 aromatic rings. The van der Waals surface area contributed by atoms with Gasteiger partial charge >= 0.3 is 0 Å². The first kappa shape index (κ1) is 18.0. The lowest BCUT2D eigenvalue weighted by molar-refractivity contribution is 0.318. The molecule has 0 saturated heterocycles. The number of aromatic nitrogens is 3. The number of nitrogens with zero attached hydrogens (tertiary/aromatic N) is 4. The average Bonchev–Trinajstić information content (AvgIpc) is 3.01. The summed E-state index contributed by atoms with van der Waals surface area (Å²) in [7, 11) is 0. The van der Waals surface area contributed by atoms with E-state index in [0.29, 0.717) is 18.2 Å². The second-order valence-electron chi connectivity index (χ2n) is 5.52. The van der Waals surface area contributed by atoms with Gasteiger partial charge < -0.3 is 9.84 Å². The van der Waals surface area contributed by atoms with Gasteiger partial charge in [0.05, 0.1) is 12.8 Å². The molecule has 0 aliphatic heterocycles. The minimum absolute atomic E-state index is 0.114. The Morgan fingerprint density at radius 3 is 2.77 bits per heavy atom. The van der Waals surface area contributed by atoms with Crippen molar-refractivity contribution in [3.8, 4) is 11.5 Å². The summed E-state index contributed by atoms with van der Waals surface area (Å²) < 4.78 is 7.11. The first-order valence-electron chi connectivity index (χ1n) is 8.26. The van der Waals surface area contributed by atoms with Gasteiger partial charge in [0.15, 0.2) is 17.3 Å². The van der Waals surface area contributed by atoms with Crippen LogP contribution in [0.3, 0.4) is 0 Å². The van der Waals surface area contributed by atoms with Gasteiger partial charge in [-0.1, -0.05) is 42.1 Å². The highest BCUT2D eigenvalue weighted by Gasteiger charge is 2.09. The van der Waals surface area contributed by atoms with Crippen LogP contribution in [0.5, 0.6) is 11.5 Å². The maximum Gasteiger partial charge on any atom is 0.212 e. The number of aromatic hydroxyl groups is 1. The molecule has 0 unspecified atom stereocenters. The summed E-state index contributed by atoms with van der Waals surface area (Å²) in [4.78, 5) is 0. The molecule has 26 heavy (non-hydrogen) atoms. The third-order valence-corrected chi connectivity index (χ3v) is 4.58. The number of phenols is 1. The number of phenolic OH excluding ortho intramolecular Hbond substituents is 1. The fourth-order valence-electron chi connectivity index (χ4n) is 2.29. The lowest BCUT2D eigenvalue weighted by Crippen LogP contribution is -1.97. The molecule has 0 fully saturated rings. The fraction of sp³-hybridized carbons (Fsp3) is 0.211. The van der Waals surface area contributed by atoms with E-state index >= 15 is 0 Å². The summed E-state index contributed by atoms with van der Waals surface area (Å²) in [6.07, 6.45) is 1.70. The number of hydrogen-bond acceptors (Lipinski definition) is 6. The maximum atomic E-state index is 9.79. The van der Waals surface area contributed by atoms with Gasteiger partial charge in [-0.3, -0.25) is 0 Å². The van der Waals surface area contributed by atoms with E-state index in [0.717, 1.165) is 16.5 Å². The molecule has 0 bridgehead atoms. The van der Waals surface area contributed by atoms with Gasteiger partial charge in [-0.25, -0.2) is 0 Å². The van der Waals surface area contributed by atoms with E-state index in [4.69, 9.17) is 4.74 Å². The largest absolute Gasteiger partial charge is 0.504 e. The molecule has 1 aromatic heterocycles. The lowest BCUT2D eigenvalue weighted by Gasteiger charge is -2.06. The van der Waals surface area contributed by atoms with Gasteiger partial charge in [0.2, 0.25) is 5.16 Å². The number of aryl methyl sites for hydroxylation is 1. The van der Waals surface area contributed by atoms with E-state index in [2.05, 4.69) is 27.4 Å². The molecule has 134 valence electrons. The van der Waals surface area contributed by atoms with E-state index in [-0.39, 0.29) is 5.75 Å². The Hall–Kier alpha value is -2.80. The first-order valence-corrected chi connectivity index (χ1v) is 9.25. The Morgan fingerprint density at radius 1 is 1.19 bits per heavy atom. The molecule has 0 spiro atoms. The van der Waals surface area contributed by atoms with Crippen LogP contribution in [0.15, 0.2) is 58.8 Å². The Morgan fingerprint density at radius 2 is 2.00 bits per heavy atom. The van der Waals surface area contributed by atoms with Crippen molar-refractivity contribution in [3.63, 3.8) is 0 Å². The van der Waals surface area contributed by atoms with Crippen molar-refractivity contribution < 1.29 is 9.84 Å². The van der Waals surface area contributed by atoms with E-state index < -0.39 is 0 Å². The quantitative estimate of drug-likeness (QED) is 0.506. The number of thioether (sulfide) groups is 1. The predicted octanol–water partition coefficient (Wildman–Crippen LogP) is 3.87. The maximum absolute atomic E-state index is 9.79. The van der Waals surface area contributed by atoms with Crippen molar-refractivity contribution in [1.82, 2.24) is 14.9 Å². The Balaban J connectivity index is 1.76. The average molecular weight is 368 g/mol. The van der Waals surface area contributed by atoms with Crippen molar-refractivity contribution in [3.05, 3.63) is 65.5 Å². The molecule has 7 heteroatoms. The molecule has 0 aliphatic carbocycles. The van der Waals surface area contributed by atoms with Crippen LogP contribution in [0.25, 0.3) is 0 Å². The Kier molecular flexibility index (Phi) is 5.91. The molecular formula is C19H20N4O2S. The zero-order chi connectivity index (χ0) is 18.4. The lowest BCUT2D eigenvalue weighted by atomic mass is 10.2. The summed E-state index contributed by atoms with van der Waals surface area (Å²) >= 11 is 1.58. The smallest absolute Gasteiger partial charge is 0.212 e. The minimum atomic E-state index is 0.114. The van der Waals surface area contributed by atoms with Gasteiger partial charge in [0, 0.05) is 5.75 Å². The summed E-state index contributed by atoms with van der Waals surface area (Å²) in [6.45, 7) is 4.22. The van der Waals surface area contributed by atoms with E-state index in [1.165, 1.54) is 5.56 Å². The van der Waals surface area contributed by atoms with Crippen LogP contribution in [0.1, 0.15) is 23.9 Å². The summed E-state index contributed by atoms with van der Waals surface area (Å²) in [5, 5.41) is 23.3. The topological polar surface area (TPSA) is 72.5 Å². The van der Waals surface area contributed by atoms with Crippen LogP contribution in [-0.4, -0.2) is 32.8 Å². The SMILES string of the molecule is CCOc1cc(/C=N/n2c(C)nnc2SCc2ccccc2)ccc1O. The van der Waals surface area contributed by atoms with E-state index in [1.807, 2.05) is 32.0 Å². The molecule has 1 N–H and O–H groups in total. The summed E-state index contributed by atoms with van der Waals surface area (Å²) in [5.41, 5.74) is 2.03. The highest BCUT2D eigenvalue weighted by Crippen LogP contribution is 2.26. The van der Waals surface area contributed by atoms with Crippen LogP contribution in [0.4, 0.5) is 0 Å². The van der Waals surface area contributed by atoms with Crippen molar-refractivity contribution in [2.45, 2.75) is 24.8 Å². The number of hydrogen-bond donors (Lipinski definition) is 1.